The molecule has 0 amide bonds. The van der Waals surface area contributed by atoms with Crippen LogP contribution in [-0.2, 0) is 0 Å². The largest absolute Gasteiger partial charge is 0.187 e. The maximum absolute atomic E-state index is 7.18. The normalized spacial score (nSPS) is 2.00. The highest BCUT2D eigenvalue weighted by molar-refractivity contribution is 7.85. The standard InChI is InChI=1S/CHNS.Al.3H/c2-1-3;;;;/h3H;;;;. The second-order valence-corrected chi connectivity index (χ2v) is 0.300. The Morgan fingerprint density at radius 2 is 1.75 bits per heavy atom. The lowest BCUT2D eigenvalue weighted by molar-refractivity contribution is 1.57. The van der Waals surface area contributed by atoms with Gasteiger partial charge in [-0.1, -0.05) is 12.6 Å². The number of hydrogen-bond acceptors (Lipinski definition) is 2. The third kappa shape index (κ3) is 32.2. The van der Waals surface area contributed by atoms with E-state index in [-0.39, 0.29) is 17.4 Å². The molecule has 1 nitrogen and oxygen atoms in total. The summed E-state index contributed by atoms with van der Waals surface area (Å²) in [5, 5.41) is 8.63. The average Bonchev–Trinajstić information content (AvgIpc) is 0.918. The van der Waals surface area contributed by atoms with Crippen molar-refractivity contribution in [2.45, 2.75) is 0 Å². The summed E-state index contributed by atoms with van der Waals surface area (Å²) in [6.45, 7) is 0. The van der Waals surface area contributed by atoms with Crippen molar-refractivity contribution in [1.82, 2.24) is 0 Å². The molecule has 0 unspecified atom stereocenters. The summed E-state index contributed by atoms with van der Waals surface area (Å²) in [5.41, 5.74) is 0. The van der Waals surface area contributed by atoms with Crippen LogP contribution in [0.2, 0.25) is 0 Å². The predicted octanol–water partition coefficient (Wildman–Crippen LogP) is -0.787. The Morgan fingerprint density at radius 1 is 1.75 bits per heavy atom. The van der Waals surface area contributed by atoms with Crippen LogP contribution >= 0.6 is 12.6 Å². The fourth-order valence-corrected chi connectivity index (χ4v) is 0. The van der Waals surface area contributed by atoms with Gasteiger partial charge in [0.1, 0.15) is 5.40 Å². The first-order valence-electron chi connectivity index (χ1n) is 0.447. The van der Waals surface area contributed by atoms with Crippen molar-refractivity contribution in [2.24, 2.45) is 0 Å². The van der Waals surface area contributed by atoms with Gasteiger partial charge in [-0.2, -0.15) is 5.26 Å². The first kappa shape index (κ1) is 8.84. The summed E-state index contributed by atoms with van der Waals surface area (Å²) in [7, 11) is 0. The monoisotopic (exact) mass is 89.0 g/mol. The van der Waals surface area contributed by atoms with Crippen LogP contribution in [0.4, 0.5) is 0 Å². The Balaban J connectivity index is 0. The van der Waals surface area contributed by atoms with E-state index in [0.29, 0.717) is 0 Å². The van der Waals surface area contributed by atoms with Crippen molar-refractivity contribution in [3.63, 3.8) is 0 Å². The van der Waals surface area contributed by atoms with Crippen molar-refractivity contribution in [1.29, 1.82) is 5.26 Å². The number of nitrogens with zero attached hydrogens (tertiary/aromatic N) is 1. The molecule has 0 N–H and O–H groups in total. The minimum atomic E-state index is 0. The van der Waals surface area contributed by atoms with E-state index in [1.54, 1.807) is 0 Å². The summed E-state index contributed by atoms with van der Waals surface area (Å²) < 4.78 is 0. The first-order valence-corrected chi connectivity index (χ1v) is 0.894. The lowest BCUT2D eigenvalue weighted by atomic mass is 11.8. The van der Waals surface area contributed by atoms with Gasteiger partial charge in [-0.05, 0) is 0 Å². The molecule has 0 heterocycles. The predicted molar refractivity (Wildman–Crippen MR) is 24.5 cm³/mol. The van der Waals surface area contributed by atoms with E-state index >= 15 is 0 Å². The fraction of sp³-hybridized carbons (Fsp3) is 0. The topological polar surface area (TPSA) is 23.8 Å². The summed E-state index contributed by atoms with van der Waals surface area (Å²) >= 11 is 3.09. The number of rotatable bonds is 0. The third-order valence-corrected chi connectivity index (χ3v) is 0. The van der Waals surface area contributed by atoms with Crippen molar-refractivity contribution >= 4 is 30.0 Å². The molecular formula is CH4AlNS. The Kier molecular flexibility index (Phi) is 22.3. The molecule has 0 spiro atoms. The van der Waals surface area contributed by atoms with Crippen LogP contribution in [0.1, 0.15) is 0 Å². The summed E-state index contributed by atoms with van der Waals surface area (Å²) in [5.74, 6) is 0. The zero-order valence-electron chi connectivity index (χ0n) is 1.39. The van der Waals surface area contributed by atoms with Crippen LogP contribution in [-0.4, -0.2) is 17.4 Å². The van der Waals surface area contributed by atoms with E-state index in [4.69, 9.17) is 5.26 Å². The molecule has 0 aliphatic rings. The van der Waals surface area contributed by atoms with Gasteiger partial charge >= 0.3 is 0 Å². The van der Waals surface area contributed by atoms with Gasteiger partial charge in [0.25, 0.3) is 0 Å². The lowest BCUT2D eigenvalue weighted by Gasteiger charge is -1.14. The maximum atomic E-state index is 7.18. The highest BCUT2D eigenvalue weighted by atomic mass is 32.1. The molecule has 0 radical (unpaired) electrons. The van der Waals surface area contributed by atoms with Crippen LogP contribution in [0.5, 0.6) is 0 Å². The van der Waals surface area contributed by atoms with Crippen molar-refractivity contribution in [3.8, 4) is 5.40 Å². The Labute approximate surface area is 41.2 Å². The molecule has 0 atom stereocenters. The van der Waals surface area contributed by atoms with Crippen molar-refractivity contribution in [3.05, 3.63) is 0 Å². The van der Waals surface area contributed by atoms with E-state index in [1.165, 1.54) is 5.40 Å². The molecule has 0 aliphatic heterocycles. The summed E-state index contributed by atoms with van der Waals surface area (Å²) in [6, 6.07) is 0. The zero-order chi connectivity index (χ0) is 2.71. The number of thiocyanates is 1. The van der Waals surface area contributed by atoms with E-state index in [1.807, 2.05) is 0 Å². The van der Waals surface area contributed by atoms with Crippen LogP contribution in [0.15, 0.2) is 0 Å². The SMILES string of the molecule is N#CS.[AlH3]. The second-order valence-electron chi connectivity index (χ2n) is 0.100. The van der Waals surface area contributed by atoms with Crippen LogP contribution in [0.25, 0.3) is 0 Å². The lowest BCUT2D eigenvalue weighted by Crippen LogP contribution is -0.961. The summed E-state index contributed by atoms with van der Waals surface area (Å²) in [6.07, 6.45) is 0. The van der Waals surface area contributed by atoms with E-state index < -0.39 is 0 Å². The van der Waals surface area contributed by atoms with Gasteiger partial charge in [-0.3, -0.25) is 0 Å². The number of thiol groups is 1. The van der Waals surface area contributed by atoms with Crippen LogP contribution < -0.4 is 0 Å². The summed E-state index contributed by atoms with van der Waals surface area (Å²) in [4.78, 5) is 0. The second kappa shape index (κ2) is 10.1. The van der Waals surface area contributed by atoms with Crippen molar-refractivity contribution in [2.75, 3.05) is 0 Å². The molecule has 22 valence electrons. The minimum absolute atomic E-state index is 0. The van der Waals surface area contributed by atoms with Gasteiger partial charge in [0.15, 0.2) is 17.4 Å². The minimum Gasteiger partial charge on any atom is -0.185 e. The fourth-order valence-electron chi connectivity index (χ4n) is 0. The average molecular weight is 89.1 g/mol. The third-order valence-electron chi connectivity index (χ3n) is 0. The molecule has 0 rings (SSSR count). The molecule has 0 aromatic rings. The molecule has 0 saturated heterocycles. The van der Waals surface area contributed by atoms with Gasteiger partial charge in [-0.25, -0.2) is 0 Å². The molecule has 0 aromatic heterocycles. The molecule has 0 aromatic carbocycles. The highest BCUT2D eigenvalue weighted by Gasteiger charge is 1.18. The Morgan fingerprint density at radius 3 is 1.75 bits per heavy atom. The van der Waals surface area contributed by atoms with Gasteiger partial charge in [0.2, 0.25) is 0 Å². The van der Waals surface area contributed by atoms with Crippen LogP contribution in [0.3, 0.4) is 0 Å². The molecule has 0 saturated carbocycles. The molecular weight excluding hydrogens is 85.1 g/mol. The number of nitriles is 1. The molecule has 3 heteroatoms. The van der Waals surface area contributed by atoms with Gasteiger partial charge < -0.3 is 0 Å². The molecule has 4 heavy (non-hydrogen) atoms. The molecule has 0 bridgehead atoms. The molecule has 0 fully saturated rings. The maximum Gasteiger partial charge on any atom is 0.187 e. The quantitative estimate of drug-likeness (QED) is 0.235. The Bertz CT molecular complexity index is 29.5. The number of hydrogen-bond donors (Lipinski definition) is 1. The van der Waals surface area contributed by atoms with E-state index in [0.717, 1.165) is 0 Å². The first-order chi connectivity index (χ1) is 1.41. The van der Waals surface area contributed by atoms with Gasteiger partial charge in [0, 0.05) is 0 Å². The smallest absolute Gasteiger partial charge is 0.185 e. The molecule has 0 aliphatic carbocycles. The zero-order valence-corrected chi connectivity index (χ0v) is 2.29. The van der Waals surface area contributed by atoms with Gasteiger partial charge in [-0.15, -0.1) is 0 Å². The van der Waals surface area contributed by atoms with Crippen molar-refractivity contribution < 1.29 is 0 Å². The van der Waals surface area contributed by atoms with E-state index in [9.17, 15) is 0 Å². The van der Waals surface area contributed by atoms with E-state index in [2.05, 4.69) is 12.6 Å². The van der Waals surface area contributed by atoms with Gasteiger partial charge in [0.05, 0.1) is 0 Å². The Hall–Kier alpha value is 0.372. The highest BCUT2D eigenvalue weighted by Crippen LogP contribution is 1.46. The van der Waals surface area contributed by atoms with Crippen LogP contribution in [0, 0.1) is 10.7 Å².